The Morgan fingerprint density at radius 3 is 2.69 bits per heavy atom. The van der Waals surface area contributed by atoms with Gasteiger partial charge in [-0.1, -0.05) is 0 Å². The van der Waals surface area contributed by atoms with Gasteiger partial charge in [-0.3, -0.25) is 4.79 Å². The summed E-state index contributed by atoms with van der Waals surface area (Å²) in [7, 11) is 0. The van der Waals surface area contributed by atoms with Crippen molar-refractivity contribution in [2.45, 2.75) is 13.8 Å². The molecule has 0 amide bonds. The number of benzene rings is 1. The Kier molecular flexibility index (Phi) is 1.69. The number of H-pyrrole nitrogens is 1. The zero-order valence-electron chi connectivity index (χ0n) is 7.72. The molecule has 0 aliphatic rings. The fourth-order valence-electron chi connectivity index (χ4n) is 1.56. The highest BCUT2D eigenvalue weighted by Crippen LogP contribution is 2.20. The Labute approximate surface area is 76.6 Å². The molecule has 13 heavy (non-hydrogen) atoms. The summed E-state index contributed by atoms with van der Waals surface area (Å²) in [6.45, 7) is 3.97. The van der Waals surface area contributed by atoms with Gasteiger partial charge in [0.15, 0.2) is 0 Å². The average molecular weight is 173 g/mol. The molecular formula is C11H11NO. The zero-order valence-corrected chi connectivity index (χ0v) is 7.72. The van der Waals surface area contributed by atoms with Gasteiger partial charge in [-0.15, -0.1) is 0 Å². The van der Waals surface area contributed by atoms with Gasteiger partial charge in [0, 0.05) is 22.7 Å². The van der Waals surface area contributed by atoms with Crippen LogP contribution in [-0.2, 0) is 0 Å². The van der Waals surface area contributed by atoms with Gasteiger partial charge >= 0.3 is 0 Å². The molecule has 1 aromatic heterocycles. The number of nitrogens with one attached hydrogen (secondary N) is 1. The lowest BCUT2D eigenvalue weighted by Gasteiger charge is -1.98. The molecule has 0 aliphatic heterocycles. The summed E-state index contributed by atoms with van der Waals surface area (Å²) in [4.78, 5) is 13.9. The van der Waals surface area contributed by atoms with Crippen LogP contribution in [0.5, 0.6) is 0 Å². The monoisotopic (exact) mass is 173 g/mol. The van der Waals surface area contributed by atoms with Crippen molar-refractivity contribution in [3.63, 3.8) is 0 Å². The summed E-state index contributed by atoms with van der Waals surface area (Å²) in [5.74, 6) is 0. The van der Waals surface area contributed by atoms with E-state index in [0.717, 1.165) is 28.3 Å². The van der Waals surface area contributed by atoms with Crippen LogP contribution in [0.25, 0.3) is 10.9 Å². The predicted octanol–water partition coefficient (Wildman–Crippen LogP) is 2.60. The van der Waals surface area contributed by atoms with E-state index in [1.165, 1.54) is 5.56 Å². The molecule has 0 radical (unpaired) electrons. The highest BCUT2D eigenvalue weighted by atomic mass is 16.1. The van der Waals surface area contributed by atoms with Gasteiger partial charge in [-0.05, 0) is 37.1 Å². The van der Waals surface area contributed by atoms with Crippen molar-refractivity contribution in [3.8, 4) is 0 Å². The fraction of sp³-hybridized carbons (Fsp3) is 0.182. The standard InChI is InChI=1S/C11H11NO/c1-7-3-11-10(4-9(7)6-13)8(2)5-12-11/h3-6,12H,1-2H3. The van der Waals surface area contributed by atoms with Gasteiger partial charge in [0.05, 0.1) is 0 Å². The highest BCUT2D eigenvalue weighted by molar-refractivity contribution is 5.90. The molecule has 2 heteroatoms. The van der Waals surface area contributed by atoms with E-state index in [0.29, 0.717) is 0 Å². The first-order chi connectivity index (χ1) is 6.22. The molecule has 0 unspecified atom stereocenters. The topological polar surface area (TPSA) is 32.9 Å². The van der Waals surface area contributed by atoms with Crippen LogP contribution in [0.4, 0.5) is 0 Å². The maximum absolute atomic E-state index is 10.7. The number of aromatic amines is 1. The van der Waals surface area contributed by atoms with Crippen LogP contribution in [0, 0.1) is 13.8 Å². The second kappa shape index (κ2) is 2.73. The van der Waals surface area contributed by atoms with Crippen molar-refractivity contribution < 1.29 is 4.79 Å². The van der Waals surface area contributed by atoms with Crippen molar-refractivity contribution >= 4 is 17.2 Å². The van der Waals surface area contributed by atoms with E-state index < -0.39 is 0 Å². The Hall–Kier alpha value is -1.57. The van der Waals surface area contributed by atoms with Gasteiger partial charge < -0.3 is 4.98 Å². The lowest BCUT2D eigenvalue weighted by molar-refractivity contribution is 0.112. The predicted molar refractivity (Wildman–Crippen MR) is 53.2 cm³/mol. The lowest BCUT2D eigenvalue weighted by atomic mass is 10.1. The maximum Gasteiger partial charge on any atom is 0.150 e. The second-order valence-electron chi connectivity index (χ2n) is 3.34. The lowest BCUT2D eigenvalue weighted by Crippen LogP contribution is -1.85. The minimum absolute atomic E-state index is 0.773. The van der Waals surface area contributed by atoms with E-state index in [-0.39, 0.29) is 0 Å². The van der Waals surface area contributed by atoms with Crippen LogP contribution in [0.1, 0.15) is 21.5 Å². The maximum atomic E-state index is 10.7. The molecule has 0 saturated carbocycles. The number of hydrogen-bond donors (Lipinski definition) is 1. The first kappa shape index (κ1) is 8.05. The van der Waals surface area contributed by atoms with Crippen molar-refractivity contribution in [2.75, 3.05) is 0 Å². The van der Waals surface area contributed by atoms with Crippen LogP contribution in [0.15, 0.2) is 18.3 Å². The Bertz CT molecular complexity index is 468. The SMILES string of the molecule is Cc1cc2[nH]cc(C)c2cc1C=O. The third kappa shape index (κ3) is 1.15. The van der Waals surface area contributed by atoms with E-state index in [2.05, 4.69) is 4.98 Å². The first-order valence-electron chi connectivity index (χ1n) is 4.26. The van der Waals surface area contributed by atoms with Crippen molar-refractivity contribution in [1.82, 2.24) is 4.98 Å². The zero-order chi connectivity index (χ0) is 9.42. The largest absolute Gasteiger partial charge is 0.361 e. The third-order valence-electron chi connectivity index (χ3n) is 2.40. The van der Waals surface area contributed by atoms with Crippen LogP contribution >= 0.6 is 0 Å². The number of rotatable bonds is 1. The molecule has 2 rings (SSSR count). The van der Waals surface area contributed by atoms with Gasteiger partial charge in [0.1, 0.15) is 6.29 Å². The molecule has 66 valence electrons. The number of aryl methyl sites for hydroxylation is 2. The van der Waals surface area contributed by atoms with E-state index in [4.69, 9.17) is 0 Å². The van der Waals surface area contributed by atoms with Gasteiger partial charge in [-0.2, -0.15) is 0 Å². The van der Waals surface area contributed by atoms with Crippen molar-refractivity contribution in [3.05, 3.63) is 35.0 Å². The summed E-state index contributed by atoms with van der Waals surface area (Å²) < 4.78 is 0. The number of carbonyl (C=O) groups is 1. The Morgan fingerprint density at radius 1 is 1.23 bits per heavy atom. The molecule has 1 heterocycles. The van der Waals surface area contributed by atoms with E-state index in [9.17, 15) is 4.79 Å². The average Bonchev–Trinajstić information content (AvgIpc) is 2.46. The molecule has 0 saturated heterocycles. The van der Waals surface area contributed by atoms with Crippen LogP contribution in [-0.4, -0.2) is 11.3 Å². The van der Waals surface area contributed by atoms with E-state index in [1.54, 1.807) is 0 Å². The molecule has 2 nitrogen and oxygen atoms in total. The first-order valence-corrected chi connectivity index (χ1v) is 4.26. The fourth-order valence-corrected chi connectivity index (χ4v) is 1.56. The molecule has 1 N–H and O–H groups in total. The molecule has 0 atom stereocenters. The van der Waals surface area contributed by atoms with Crippen molar-refractivity contribution in [2.24, 2.45) is 0 Å². The van der Waals surface area contributed by atoms with Crippen LogP contribution in [0.3, 0.4) is 0 Å². The summed E-state index contributed by atoms with van der Waals surface area (Å²) >= 11 is 0. The number of aldehydes is 1. The minimum Gasteiger partial charge on any atom is -0.361 e. The molecule has 2 aromatic rings. The van der Waals surface area contributed by atoms with Crippen LogP contribution < -0.4 is 0 Å². The van der Waals surface area contributed by atoms with Gasteiger partial charge in [0.25, 0.3) is 0 Å². The highest BCUT2D eigenvalue weighted by Gasteiger charge is 2.03. The molecule has 0 bridgehead atoms. The molecular weight excluding hydrogens is 162 g/mol. The third-order valence-corrected chi connectivity index (χ3v) is 2.40. The molecule has 1 aromatic carbocycles. The quantitative estimate of drug-likeness (QED) is 0.660. The molecule has 0 spiro atoms. The summed E-state index contributed by atoms with van der Waals surface area (Å²) in [5.41, 5.74) is 4.07. The number of aromatic nitrogens is 1. The van der Waals surface area contributed by atoms with Gasteiger partial charge in [-0.25, -0.2) is 0 Å². The van der Waals surface area contributed by atoms with Crippen LogP contribution in [0.2, 0.25) is 0 Å². The Balaban J connectivity index is 2.84. The minimum atomic E-state index is 0.773. The number of hydrogen-bond acceptors (Lipinski definition) is 1. The second-order valence-corrected chi connectivity index (χ2v) is 3.34. The van der Waals surface area contributed by atoms with E-state index in [1.807, 2.05) is 32.2 Å². The molecule has 0 fully saturated rings. The summed E-state index contributed by atoms with van der Waals surface area (Å²) in [6.07, 6.45) is 2.86. The van der Waals surface area contributed by atoms with E-state index >= 15 is 0 Å². The summed E-state index contributed by atoms with van der Waals surface area (Å²) in [5, 5.41) is 1.13. The number of carbonyl (C=O) groups excluding carboxylic acids is 1. The van der Waals surface area contributed by atoms with Gasteiger partial charge in [0.2, 0.25) is 0 Å². The summed E-state index contributed by atoms with van der Waals surface area (Å²) in [6, 6.07) is 3.94. The smallest absolute Gasteiger partial charge is 0.150 e. The molecule has 0 aliphatic carbocycles. The Morgan fingerprint density at radius 2 is 2.00 bits per heavy atom. The normalized spacial score (nSPS) is 10.6. The van der Waals surface area contributed by atoms with Crippen molar-refractivity contribution in [1.29, 1.82) is 0 Å². The number of fused-ring (bicyclic) bond motifs is 1.